The average molecular weight is 495 g/mol. The molecule has 4 nitrogen and oxygen atoms in total. The maximum Gasteiger partial charge on any atom is 0.131 e. The lowest BCUT2D eigenvalue weighted by Gasteiger charge is -2.13. The fraction of sp³-hybridized carbons (Fsp3) is 0.0294. The molecule has 0 saturated heterocycles. The molecule has 0 amide bonds. The Morgan fingerprint density at radius 3 is 1.79 bits per heavy atom. The lowest BCUT2D eigenvalue weighted by Crippen LogP contribution is -2.00. The van der Waals surface area contributed by atoms with E-state index in [0.29, 0.717) is 6.54 Å². The van der Waals surface area contributed by atoms with Crippen LogP contribution in [0.3, 0.4) is 0 Å². The van der Waals surface area contributed by atoms with Crippen molar-refractivity contribution >= 4 is 16.6 Å². The van der Waals surface area contributed by atoms with E-state index >= 15 is 0 Å². The molecule has 0 radical (unpaired) electrons. The van der Waals surface area contributed by atoms with Crippen LogP contribution >= 0.6 is 0 Å². The molecule has 0 aliphatic carbocycles. The first-order valence-electron chi connectivity index (χ1n) is 12.6. The van der Waals surface area contributed by atoms with Crippen molar-refractivity contribution in [2.24, 2.45) is 0 Å². The number of ether oxygens (including phenoxy) is 2. The van der Waals surface area contributed by atoms with Gasteiger partial charge in [-0.25, -0.2) is 4.98 Å². The van der Waals surface area contributed by atoms with Crippen molar-refractivity contribution in [1.82, 2.24) is 4.98 Å². The quantitative estimate of drug-likeness (QED) is 0.229. The average Bonchev–Trinajstić information content (AvgIpc) is 2.97. The van der Waals surface area contributed by atoms with Gasteiger partial charge in [0.15, 0.2) is 0 Å². The molecular formula is C34H26N2O2. The molecule has 0 fully saturated rings. The summed E-state index contributed by atoms with van der Waals surface area (Å²) in [6.45, 7) is 0.616. The summed E-state index contributed by atoms with van der Waals surface area (Å²) < 4.78 is 12.3. The first-order valence-corrected chi connectivity index (χ1v) is 12.6. The monoisotopic (exact) mass is 494 g/mol. The lowest BCUT2D eigenvalue weighted by molar-refractivity contribution is 0.459. The van der Waals surface area contributed by atoms with Gasteiger partial charge >= 0.3 is 0 Å². The third-order valence-corrected chi connectivity index (χ3v) is 6.17. The zero-order chi connectivity index (χ0) is 25.6. The van der Waals surface area contributed by atoms with Crippen molar-refractivity contribution in [3.63, 3.8) is 0 Å². The van der Waals surface area contributed by atoms with Crippen LogP contribution in [0.4, 0.5) is 5.69 Å². The molecule has 5 aromatic carbocycles. The number of rotatable bonds is 8. The number of fused-ring (bicyclic) bond motifs is 1. The van der Waals surface area contributed by atoms with E-state index in [1.54, 1.807) is 0 Å². The van der Waals surface area contributed by atoms with Crippen LogP contribution in [-0.2, 0) is 6.54 Å². The minimum atomic E-state index is 0.616. The molecule has 38 heavy (non-hydrogen) atoms. The Bertz CT molecular complexity index is 1590. The number of pyridine rings is 1. The summed E-state index contributed by atoms with van der Waals surface area (Å²) in [5.74, 6) is 3.00. The Labute approximate surface area is 222 Å². The van der Waals surface area contributed by atoms with E-state index in [1.807, 2.05) is 97.1 Å². The molecule has 0 aliphatic heterocycles. The highest BCUT2D eigenvalue weighted by molar-refractivity contribution is 5.81. The van der Waals surface area contributed by atoms with Crippen LogP contribution in [-0.4, -0.2) is 4.98 Å². The molecule has 1 aromatic heterocycles. The topological polar surface area (TPSA) is 43.4 Å². The zero-order valence-electron chi connectivity index (χ0n) is 20.7. The second-order valence-corrected chi connectivity index (χ2v) is 8.96. The van der Waals surface area contributed by atoms with Gasteiger partial charge in [-0.05, 0) is 66.2 Å². The number of hydrogen-bond acceptors (Lipinski definition) is 4. The van der Waals surface area contributed by atoms with Crippen LogP contribution in [0, 0.1) is 0 Å². The molecule has 0 unspecified atom stereocenters. The summed E-state index contributed by atoms with van der Waals surface area (Å²) in [7, 11) is 0. The maximum atomic E-state index is 6.13. The molecule has 0 saturated carbocycles. The highest BCUT2D eigenvalue weighted by Crippen LogP contribution is 2.31. The van der Waals surface area contributed by atoms with E-state index in [1.165, 1.54) is 0 Å². The molecule has 1 N–H and O–H groups in total. The minimum Gasteiger partial charge on any atom is -0.457 e. The van der Waals surface area contributed by atoms with Crippen LogP contribution < -0.4 is 14.8 Å². The van der Waals surface area contributed by atoms with E-state index in [-0.39, 0.29) is 0 Å². The van der Waals surface area contributed by atoms with Gasteiger partial charge in [-0.1, -0.05) is 72.8 Å². The summed E-state index contributed by atoms with van der Waals surface area (Å²) in [5, 5.41) is 4.66. The predicted molar refractivity (Wildman–Crippen MR) is 154 cm³/mol. The van der Waals surface area contributed by atoms with E-state index in [2.05, 4.69) is 47.8 Å². The van der Waals surface area contributed by atoms with E-state index in [4.69, 9.17) is 14.5 Å². The molecule has 6 rings (SSSR count). The number of anilines is 1. The van der Waals surface area contributed by atoms with Gasteiger partial charge in [0.1, 0.15) is 23.0 Å². The number of hydrogen-bond donors (Lipinski definition) is 1. The van der Waals surface area contributed by atoms with Gasteiger partial charge in [0.2, 0.25) is 0 Å². The molecule has 0 spiro atoms. The van der Waals surface area contributed by atoms with Crippen molar-refractivity contribution in [3.05, 3.63) is 145 Å². The highest BCUT2D eigenvalue weighted by Gasteiger charge is 2.07. The van der Waals surface area contributed by atoms with Crippen molar-refractivity contribution in [2.75, 3.05) is 5.32 Å². The fourth-order valence-electron chi connectivity index (χ4n) is 4.29. The number of para-hydroxylation sites is 3. The maximum absolute atomic E-state index is 6.13. The van der Waals surface area contributed by atoms with E-state index < -0.39 is 0 Å². The summed E-state index contributed by atoms with van der Waals surface area (Å²) in [5.41, 5.74) is 5.11. The lowest BCUT2D eigenvalue weighted by atomic mass is 10.1. The Morgan fingerprint density at radius 1 is 0.526 bits per heavy atom. The second kappa shape index (κ2) is 10.9. The fourth-order valence-corrected chi connectivity index (χ4v) is 4.29. The van der Waals surface area contributed by atoms with Gasteiger partial charge in [0.05, 0.1) is 11.2 Å². The molecule has 6 aromatic rings. The molecule has 0 aliphatic rings. The number of nitrogens with one attached hydrogen (secondary N) is 1. The smallest absolute Gasteiger partial charge is 0.131 e. The Balaban J connectivity index is 1.20. The van der Waals surface area contributed by atoms with E-state index in [9.17, 15) is 0 Å². The predicted octanol–water partition coefficient (Wildman–Crippen LogP) is 9.10. The van der Waals surface area contributed by atoms with E-state index in [0.717, 1.165) is 56.4 Å². The zero-order valence-corrected chi connectivity index (χ0v) is 20.7. The van der Waals surface area contributed by atoms with Gasteiger partial charge < -0.3 is 14.8 Å². The van der Waals surface area contributed by atoms with Crippen LogP contribution in [0.15, 0.2) is 140 Å². The number of benzene rings is 5. The SMILES string of the molecule is c1ccc(Oc2cc(CNc3ccc(-c4ccc5ccccc5n4)cc3)cc(Oc3ccccc3)c2)cc1. The van der Waals surface area contributed by atoms with Crippen LogP contribution in [0.25, 0.3) is 22.2 Å². The van der Waals surface area contributed by atoms with Gasteiger partial charge in [-0.3, -0.25) is 0 Å². The Hall–Kier alpha value is -5.09. The molecule has 0 bridgehead atoms. The summed E-state index contributed by atoms with van der Waals surface area (Å²) >= 11 is 0. The summed E-state index contributed by atoms with van der Waals surface area (Å²) in [4.78, 5) is 4.81. The first kappa shape index (κ1) is 23.3. The van der Waals surface area contributed by atoms with Gasteiger partial charge in [-0.2, -0.15) is 0 Å². The van der Waals surface area contributed by atoms with Crippen LogP contribution in [0.1, 0.15) is 5.56 Å². The number of aromatic nitrogens is 1. The summed E-state index contributed by atoms with van der Waals surface area (Å²) in [6, 6.07) is 46.2. The van der Waals surface area contributed by atoms with Gasteiger partial charge in [-0.15, -0.1) is 0 Å². The second-order valence-electron chi connectivity index (χ2n) is 8.96. The van der Waals surface area contributed by atoms with Crippen molar-refractivity contribution in [3.8, 4) is 34.3 Å². The third kappa shape index (κ3) is 5.66. The normalized spacial score (nSPS) is 10.7. The highest BCUT2D eigenvalue weighted by atomic mass is 16.5. The van der Waals surface area contributed by atoms with Crippen LogP contribution in [0.2, 0.25) is 0 Å². The largest absolute Gasteiger partial charge is 0.457 e. The third-order valence-electron chi connectivity index (χ3n) is 6.17. The van der Waals surface area contributed by atoms with Crippen LogP contribution in [0.5, 0.6) is 23.0 Å². The first-order chi connectivity index (χ1) is 18.8. The minimum absolute atomic E-state index is 0.616. The Kier molecular flexibility index (Phi) is 6.68. The van der Waals surface area contributed by atoms with Crippen molar-refractivity contribution in [1.29, 1.82) is 0 Å². The van der Waals surface area contributed by atoms with Crippen molar-refractivity contribution in [2.45, 2.75) is 6.54 Å². The molecule has 0 atom stereocenters. The molecular weight excluding hydrogens is 468 g/mol. The molecule has 184 valence electrons. The van der Waals surface area contributed by atoms with Gasteiger partial charge in [0.25, 0.3) is 0 Å². The molecule has 1 heterocycles. The van der Waals surface area contributed by atoms with Gasteiger partial charge in [0, 0.05) is 29.2 Å². The molecule has 4 heteroatoms. The standard InChI is InChI=1S/C34H26N2O2/c1-3-10-29(11-4-1)37-31-21-25(22-32(23-31)38-30-12-5-2-6-13-30)24-35-28-18-15-27(16-19-28)34-20-17-26-9-7-8-14-33(26)36-34/h1-23,35H,24H2. The number of nitrogens with zero attached hydrogens (tertiary/aromatic N) is 1. The Morgan fingerprint density at radius 2 is 1.13 bits per heavy atom. The summed E-state index contributed by atoms with van der Waals surface area (Å²) in [6.07, 6.45) is 0. The van der Waals surface area contributed by atoms with Crippen molar-refractivity contribution < 1.29 is 9.47 Å².